The molecule has 68 heavy (non-hydrogen) atoms. The maximum atomic E-state index is 2.47. The number of fused-ring (bicyclic) bond motifs is 9. The van der Waals surface area contributed by atoms with Crippen LogP contribution in [0.15, 0.2) is 231 Å². The van der Waals surface area contributed by atoms with Crippen molar-refractivity contribution in [3.05, 3.63) is 253 Å². The van der Waals surface area contributed by atoms with E-state index in [2.05, 4.69) is 268 Å². The molecule has 0 spiro atoms. The molecule has 13 rings (SSSR count). The molecule has 2 heteroatoms. The van der Waals surface area contributed by atoms with Crippen LogP contribution in [0.2, 0.25) is 0 Å². The predicted molar refractivity (Wildman–Crippen MR) is 287 cm³/mol. The smallest absolute Gasteiger partial charge is 0.0541 e. The van der Waals surface area contributed by atoms with E-state index in [0.29, 0.717) is 0 Å². The van der Waals surface area contributed by atoms with Crippen molar-refractivity contribution in [1.29, 1.82) is 0 Å². The average molecular weight is 871 g/mol. The molecule has 0 unspecified atom stereocenters. The van der Waals surface area contributed by atoms with Crippen molar-refractivity contribution in [3.8, 4) is 61.3 Å². The van der Waals surface area contributed by atoms with Gasteiger partial charge in [0.05, 0.1) is 16.7 Å². The molecule has 2 aliphatic carbocycles. The van der Waals surface area contributed by atoms with Crippen LogP contribution < -0.4 is 4.90 Å². The maximum Gasteiger partial charge on any atom is 0.0541 e. The molecule has 2 nitrogen and oxygen atoms in total. The number of anilines is 3. The first-order valence-corrected chi connectivity index (χ1v) is 23.9. The van der Waals surface area contributed by atoms with E-state index >= 15 is 0 Å². The molecule has 10 aromatic carbocycles. The fourth-order valence-corrected chi connectivity index (χ4v) is 11.9. The predicted octanol–water partition coefficient (Wildman–Crippen LogP) is 17.9. The minimum Gasteiger partial charge on any atom is -0.310 e. The highest BCUT2D eigenvalue weighted by Crippen LogP contribution is 2.54. The number of aromatic nitrogens is 1. The molecule has 0 aliphatic heterocycles. The third kappa shape index (κ3) is 6.03. The Hall–Kier alpha value is -8.20. The van der Waals surface area contributed by atoms with Crippen LogP contribution in [0.3, 0.4) is 0 Å². The molecule has 324 valence electrons. The number of nitrogens with zero attached hydrogens (tertiary/aromatic N) is 2. The molecule has 0 radical (unpaired) electrons. The van der Waals surface area contributed by atoms with E-state index in [1.165, 1.54) is 99.7 Å². The van der Waals surface area contributed by atoms with E-state index in [1.807, 2.05) is 0 Å². The normalized spacial score (nSPS) is 13.8. The van der Waals surface area contributed by atoms with Crippen molar-refractivity contribution >= 4 is 38.9 Å². The average Bonchev–Trinajstić information content (AvgIpc) is 3.94. The van der Waals surface area contributed by atoms with Crippen LogP contribution in [0.25, 0.3) is 83.1 Å². The molecule has 0 saturated heterocycles. The van der Waals surface area contributed by atoms with Crippen molar-refractivity contribution in [2.45, 2.75) is 38.5 Å². The van der Waals surface area contributed by atoms with Gasteiger partial charge in [0, 0.05) is 44.2 Å². The summed E-state index contributed by atoms with van der Waals surface area (Å²) in [6.45, 7) is 9.43. The Bertz CT molecular complexity index is 3750. The second-order valence-electron chi connectivity index (χ2n) is 19.7. The van der Waals surface area contributed by atoms with Crippen LogP contribution in [0.4, 0.5) is 17.1 Å². The number of hydrogen-bond acceptors (Lipinski definition) is 1. The largest absolute Gasteiger partial charge is 0.310 e. The lowest BCUT2D eigenvalue weighted by molar-refractivity contribution is 0.660. The number of rotatable bonds is 7. The van der Waals surface area contributed by atoms with Gasteiger partial charge < -0.3 is 9.47 Å². The van der Waals surface area contributed by atoms with Crippen molar-refractivity contribution in [2.75, 3.05) is 4.90 Å². The summed E-state index contributed by atoms with van der Waals surface area (Å²) in [4.78, 5) is 2.47. The molecule has 0 atom stereocenters. The van der Waals surface area contributed by atoms with Crippen LogP contribution in [-0.2, 0) is 10.8 Å². The molecule has 0 bridgehead atoms. The summed E-state index contributed by atoms with van der Waals surface area (Å²) in [5.41, 5.74) is 24.8. The lowest BCUT2D eigenvalue weighted by Gasteiger charge is -2.29. The van der Waals surface area contributed by atoms with Crippen LogP contribution in [0.5, 0.6) is 0 Å². The van der Waals surface area contributed by atoms with E-state index in [0.717, 1.165) is 22.7 Å². The summed E-state index contributed by atoms with van der Waals surface area (Å²) in [5.74, 6) is 0. The summed E-state index contributed by atoms with van der Waals surface area (Å²) < 4.78 is 2.40. The molecule has 0 saturated carbocycles. The summed E-state index contributed by atoms with van der Waals surface area (Å²) in [6, 6.07) is 85.6. The zero-order valence-corrected chi connectivity index (χ0v) is 38.8. The molecule has 0 fully saturated rings. The summed E-state index contributed by atoms with van der Waals surface area (Å²) in [6.07, 6.45) is 0. The fraction of sp³-hybridized carbons (Fsp3) is 0.0909. The Labute approximate surface area is 399 Å². The van der Waals surface area contributed by atoms with E-state index in [4.69, 9.17) is 0 Å². The van der Waals surface area contributed by atoms with Gasteiger partial charge in [-0.05, 0) is 133 Å². The van der Waals surface area contributed by atoms with E-state index in [9.17, 15) is 0 Å². The van der Waals surface area contributed by atoms with Gasteiger partial charge in [-0.25, -0.2) is 0 Å². The second kappa shape index (κ2) is 15.2. The zero-order chi connectivity index (χ0) is 45.7. The second-order valence-corrected chi connectivity index (χ2v) is 19.7. The Morgan fingerprint density at radius 2 is 0.838 bits per heavy atom. The van der Waals surface area contributed by atoms with E-state index in [-0.39, 0.29) is 10.8 Å². The van der Waals surface area contributed by atoms with E-state index < -0.39 is 0 Å². The third-order valence-electron chi connectivity index (χ3n) is 15.2. The summed E-state index contributed by atoms with van der Waals surface area (Å²) in [7, 11) is 0. The van der Waals surface area contributed by atoms with Gasteiger partial charge in [-0.3, -0.25) is 0 Å². The first-order valence-electron chi connectivity index (χ1n) is 23.9. The van der Waals surface area contributed by atoms with Gasteiger partial charge in [-0.15, -0.1) is 0 Å². The van der Waals surface area contributed by atoms with Crippen molar-refractivity contribution < 1.29 is 0 Å². The fourth-order valence-electron chi connectivity index (χ4n) is 11.9. The standard InChI is InChI=1S/C66H50N2/c1-65(2)57-28-10-5-22-50(57)56-42-46(36-39-59(56)65)45-19-16-20-48(41-45)67(61-31-12-9-25-53(61)54-27-17-30-60-64(54)55-26-6-11-29-58(55)66(60,3)4)47-37-34-43(35-38-47)44-18-15-21-49(40-44)68-62-32-13-7-23-51(62)52-24-8-14-33-63(52)68/h5-42H,1-4H3. The Kier molecular flexibility index (Phi) is 8.95. The topological polar surface area (TPSA) is 8.17 Å². The molecule has 0 N–H and O–H groups in total. The molecule has 1 heterocycles. The van der Waals surface area contributed by atoms with Gasteiger partial charge in [0.1, 0.15) is 0 Å². The summed E-state index contributed by atoms with van der Waals surface area (Å²) in [5, 5.41) is 2.53. The van der Waals surface area contributed by atoms with Gasteiger partial charge in [0.25, 0.3) is 0 Å². The van der Waals surface area contributed by atoms with Gasteiger partial charge in [-0.2, -0.15) is 0 Å². The van der Waals surface area contributed by atoms with Gasteiger partial charge >= 0.3 is 0 Å². The third-order valence-corrected chi connectivity index (χ3v) is 15.2. The lowest BCUT2D eigenvalue weighted by atomic mass is 9.82. The number of hydrogen-bond donors (Lipinski definition) is 0. The molecular weight excluding hydrogens is 821 g/mol. The highest BCUT2D eigenvalue weighted by molar-refractivity contribution is 6.09. The minimum atomic E-state index is -0.106. The molecule has 0 amide bonds. The van der Waals surface area contributed by atoms with Gasteiger partial charge in [0.2, 0.25) is 0 Å². The first kappa shape index (κ1) is 40.1. The van der Waals surface area contributed by atoms with Crippen LogP contribution in [-0.4, -0.2) is 4.57 Å². The van der Waals surface area contributed by atoms with Crippen LogP contribution in [0, 0.1) is 0 Å². The Morgan fingerprint density at radius 3 is 1.59 bits per heavy atom. The quantitative estimate of drug-likeness (QED) is 0.155. The Morgan fingerprint density at radius 1 is 0.324 bits per heavy atom. The van der Waals surface area contributed by atoms with Gasteiger partial charge in [-0.1, -0.05) is 198 Å². The SMILES string of the molecule is CC1(C)c2ccccc2-c2cc(-c3cccc(N(c4ccc(-c5cccc(-n6c7ccccc7c7ccccc76)c5)cc4)c4ccccc4-c4cccc5c4-c4ccccc4C5(C)C)c3)ccc21. The number of para-hydroxylation sites is 3. The van der Waals surface area contributed by atoms with E-state index in [1.54, 1.807) is 0 Å². The van der Waals surface area contributed by atoms with Crippen molar-refractivity contribution in [1.82, 2.24) is 4.57 Å². The monoisotopic (exact) mass is 870 g/mol. The van der Waals surface area contributed by atoms with Crippen LogP contribution >= 0.6 is 0 Å². The maximum absolute atomic E-state index is 2.47. The molecule has 2 aliphatic rings. The molecule has 1 aromatic heterocycles. The van der Waals surface area contributed by atoms with Crippen molar-refractivity contribution in [2.24, 2.45) is 0 Å². The molecular formula is C66H50N2. The minimum absolute atomic E-state index is 0.0430. The Balaban J connectivity index is 0.958. The van der Waals surface area contributed by atoms with Crippen molar-refractivity contribution in [3.63, 3.8) is 0 Å². The highest BCUT2D eigenvalue weighted by Gasteiger charge is 2.38. The zero-order valence-electron chi connectivity index (χ0n) is 38.8. The summed E-state index contributed by atoms with van der Waals surface area (Å²) >= 11 is 0. The van der Waals surface area contributed by atoms with Crippen LogP contribution in [0.1, 0.15) is 49.9 Å². The number of benzene rings is 10. The first-order chi connectivity index (χ1) is 33.3. The van der Waals surface area contributed by atoms with Gasteiger partial charge in [0.15, 0.2) is 0 Å². The lowest BCUT2D eigenvalue weighted by Crippen LogP contribution is -2.15. The highest BCUT2D eigenvalue weighted by atomic mass is 15.1. The molecule has 11 aromatic rings.